The van der Waals surface area contributed by atoms with Crippen LogP contribution in [0.1, 0.15) is 24.6 Å². The summed E-state index contributed by atoms with van der Waals surface area (Å²) in [5, 5.41) is 6.76. The van der Waals surface area contributed by atoms with Crippen molar-refractivity contribution in [3.05, 3.63) is 64.4 Å². The molecule has 0 atom stereocenters. The van der Waals surface area contributed by atoms with Crippen LogP contribution in [-0.4, -0.2) is 28.2 Å². The van der Waals surface area contributed by atoms with Crippen molar-refractivity contribution >= 4 is 38.6 Å². The number of nitrogens with one attached hydrogen (secondary N) is 2. The zero-order valence-electron chi connectivity index (χ0n) is 19.3. The van der Waals surface area contributed by atoms with Gasteiger partial charge >= 0.3 is 0 Å². The molecule has 4 aromatic rings. The van der Waals surface area contributed by atoms with E-state index in [2.05, 4.69) is 51.5 Å². The predicted octanol–water partition coefficient (Wildman–Crippen LogP) is 6.08. The molecule has 8 heteroatoms. The van der Waals surface area contributed by atoms with Gasteiger partial charge in [-0.15, -0.1) is 0 Å². The second kappa shape index (κ2) is 10.2. The first-order chi connectivity index (χ1) is 16.0. The minimum atomic E-state index is 0.604. The van der Waals surface area contributed by atoms with Crippen LogP contribution in [0.3, 0.4) is 0 Å². The topological polar surface area (TPSA) is 73.2 Å². The Balaban J connectivity index is 1.62. The molecule has 0 radical (unpaired) electrons. The van der Waals surface area contributed by atoms with Gasteiger partial charge in [0.2, 0.25) is 5.95 Å². The lowest BCUT2D eigenvalue weighted by atomic mass is 10.2. The third-order valence-corrected chi connectivity index (χ3v) is 6.22. The van der Waals surface area contributed by atoms with E-state index in [4.69, 9.17) is 14.5 Å². The van der Waals surface area contributed by atoms with Crippen LogP contribution in [0, 0.1) is 6.92 Å². The third-order valence-electron chi connectivity index (χ3n) is 5.33. The third kappa shape index (κ3) is 5.29. The Morgan fingerprint density at radius 2 is 1.94 bits per heavy atom. The Hall–Kier alpha value is -3.10. The van der Waals surface area contributed by atoms with Crippen molar-refractivity contribution in [2.75, 3.05) is 19.0 Å². The zero-order valence-corrected chi connectivity index (χ0v) is 20.9. The number of methoxy groups -OCH3 is 1. The molecule has 0 aliphatic heterocycles. The molecule has 0 saturated heterocycles. The molecule has 0 aliphatic rings. The van der Waals surface area contributed by atoms with E-state index in [1.54, 1.807) is 13.3 Å². The number of pyridine rings is 1. The summed E-state index contributed by atoms with van der Waals surface area (Å²) in [5.74, 6) is 2.68. The van der Waals surface area contributed by atoms with Gasteiger partial charge in [-0.2, -0.15) is 0 Å². The van der Waals surface area contributed by atoms with E-state index in [1.165, 1.54) is 0 Å². The lowest BCUT2D eigenvalue weighted by molar-refractivity contribution is 0.379. The highest BCUT2D eigenvalue weighted by Crippen LogP contribution is 2.36. The van der Waals surface area contributed by atoms with E-state index in [1.807, 2.05) is 48.0 Å². The fraction of sp³-hybridized carbons (Fsp3) is 0.280. The first-order valence-electron chi connectivity index (χ1n) is 10.9. The van der Waals surface area contributed by atoms with E-state index >= 15 is 0 Å². The van der Waals surface area contributed by atoms with Crippen molar-refractivity contribution in [2.24, 2.45) is 7.05 Å². The lowest BCUT2D eigenvalue weighted by Crippen LogP contribution is -2.14. The Morgan fingerprint density at radius 3 is 2.70 bits per heavy atom. The largest absolute Gasteiger partial charge is 0.493 e. The Labute approximate surface area is 202 Å². The molecule has 0 spiro atoms. The van der Waals surface area contributed by atoms with E-state index < -0.39 is 0 Å². The molecule has 0 saturated carbocycles. The van der Waals surface area contributed by atoms with Gasteiger partial charge in [-0.3, -0.25) is 4.98 Å². The molecule has 0 amide bonds. The second-order valence-corrected chi connectivity index (χ2v) is 8.69. The summed E-state index contributed by atoms with van der Waals surface area (Å²) in [4.78, 5) is 9.20. The minimum Gasteiger partial charge on any atom is -0.493 e. The van der Waals surface area contributed by atoms with E-state index in [0.717, 1.165) is 51.4 Å². The number of imidazole rings is 1. The van der Waals surface area contributed by atoms with Crippen molar-refractivity contribution < 1.29 is 9.47 Å². The van der Waals surface area contributed by atoms with Crippen molar-refractivity contribution in [2.45, 2.75) is 26.8 Å². The average molecular weight is 510 g/mol. The molecule has 172 valence electrons. The van der Waals surface area contributed by atoms with Crippen molar-refractivity contribution in [1.29, 1.82) is 0 Å². The summed E-state index contributed by atoms with van der Waals surface area (Å²) in [6, 6.07) is 13.7. The van der Waals surface area contributed by atoms with Gasteiger partial charge in [0.25, 0.3) is 0 Å². The normalized spacial score (nSPS) is 11.1. The zero-order chi connectivity index (χ0) is 23.4. The van der Waals surface area contributed by atoms with Gasteiger partial charge in [-0.05, 0) is 49.7 Å². The summed E-state index contributed by atoms with van der Waals surface area (Å²) in [6.07, 6.45) is 2.84. The highest BCUT2D eigenvalue weighted by molar-refractivity contribution is 9.10. The number of aryl methyl sites for hydroxylation is 2. The molecule has 0 aliphatic carbocycles. The minimum absolute atomic E-state index is 0.604. The number of hydrogen-bond donors (Lipinski definition) is 2. The summed E-state index contributed by atoms with van der Waals surface area (Å²) in [7, 11) is 3.61. The smallest absolute Gasteiger partial charge is 0.208 e. The predicted molar refractivity (Wildman–Crippen MR) is 136 cm³/mol. The molecule has 7 nitrogen and oxygen atoms in total. The molecule has 0 unspecified atom stereocenters. The summed E-state index contributed by atoms with van der Waals surface area (Å²) < 4.78 is 14.9. The monoisotopic (exact) mass is 509 g/mol. The van der Waals surface area contributed by atoms with Crippen LogP contribution in [0.5, 0.6) is 17.2 Å². The van der Waals surface area contributed by atoms with Gasteiger partial charge < -0.3 is 24.7 Å². The van der Waals surface area contributed by atoms with Crippen LogP contribution < -0.4 is 20.1 Å². The SMILES string of the molecule is CCCNCc1cc(Oc2cc3nc(Nc4ccc(Br)c(C)c4)n(C)c3cc2OC)ccn1. The highest BCUT2D eigenvalue weighted by Gasteiger charge is 2.15. The molecule has 0 fully saturated rings. The summed E-state index contributed by atoms with van der Waals surface area (Å²) in [6.45, 7) is 5.85. The molecule has 4 rings (SSSR count). The van der Waals surface area contributed by atoms with E-state index in [0.29, 0.717) is 23.8 Å². The Bertz CT molecular complexity index is 1270. The van der Waals surface area contributed by atoms with Crippen LogP contribution in [0.25, 0.3) is 11.0 Å². The maximum Gasteiger partial charge on any atom is 0.208 e. The van der Waals surface area contributed by atoms with Crippen molar-refractivity contribution in [3.8, 4) is 17.2 Å². The number of ether oxygens (including phenoxy) is 2. The van der Waals surface area contributed by atoms with E-state index in [9.17, 15) is 0 Å². The Kier molecular flexibility index (Phi) is 7.15. The molecule has 2 aromatic heterocycles. The Morgan fingerprint density at radius 1 is 1.09 bits per heavy atom. The fourth-order valence-corrected chi connectivity index (χ4v) is 3.79. The maximum atomic E-state index is 6.18. The molecule has 2 heterocycles. The first kappa shape index (κ1) is 23.1. The number of nitrogens with zero attached hydrogens (tertiary/aromatic N) is 3. The second-order valence-electron chi connectivity index (χ2n) is 7.84. The molecule has 2 aromatic carbocycles. The van der Waals surface area contributed by atoms with Crippen LogP contribution >= 0.6 is 15.9 Å². The average Bonchev–Trinajstić information content (AvgIpc) is 3.10. The summed E-state index contributed by atoms with van der Waals surface area (Å²) >= 11 is 3.54. The molecule has 2 N–H and O–H groups in total. The van der Waals surface area contributed by atoms with Gasteiger partial charge in [0, 0.05) is 48.1 Å². The number of fused-ring (bicyclic) bond motifs is 1. The number of rotatable bonds is 9. The van der Waals surface area contributed by atoms with Gasteiger partial charge in [0.1, 0.15) is 5.75 Å². The molecule has 0 bridgehead atoms. The van der Waals surface area contributed by atoms with Gasteiger partial charge in [0.15, 0.2) is 11.5 Å². The van der Waals surface area contributed by atoms with E-state index in [-0.39, 0.29) is 0 Å². The standard InChI is InChI=1S/C25H28BrN5O2/c1-5-9-27-15-18-12-19(8-10-28-18)33-24-13-21-22(14-23(24)32-4)31(3)25(30-21)29-17-6-7-20(26)16(2)11-17/h6-8,10-14,27H,5,9,15H2,1-4H3,(H,29,30). The molecule has 33 heavy (non-hydrogen) atoms. The van der Waals surface area contributed by atoms with Gasteiger partial charge in [-0.1, -0.05) is 22.9 Å². The van der Waals surface area contributed by atoms with Gasteiger partial charge in [0.05, 0.1) is 23.8 Å². The first-order valence-corrected chi connectivity index (χ1v) is 11.7. The number of halogens is 1. The van der Waals surface area contributed by atoms with Crippen LogP contribution in [-0.2, 0) is 13.6 Å². The van der Waals surface area contributed by atoms with Crippen molar-refractivity contribution in [3.63, 3.8) is 0 Å². The number of hydrogen-bond acceptors (Lipinski definition) is 6. The van der Waals surface area contributed by atoms with Crippen LogP contribution in [0.2, 0.25) is 0 Å². The lowest BCUT2D eigenvalue weighted by Gasteiger charge is -2.12. The van der Waals surface area contributed by atoms with Gasteiger partial charge in [-0.25, -0.2) is 4.98 Å². The number of anilines is 2. The van der Waals surface area contributed by atoms with Crippen LogP contribution in [0.15, 0.2) is 53.1 Å². The van der Waals surface area contributed by atoms with Crippen molar-refractivity contribution in [1.82, 2.24) is 19.9 Å². The maximum absolute atomic E-state index is 6.18. The molecular formula is C25H28BrN5O2. The van der Waals surface area contributed by atoms with Crippen LogP contribution in [0.4, 0.5) is 11.6 Å². The highest BCUT2D eigenvalue weighted by atomic mass is 79.9. The molecular weight excluding hydrogens is 482 g/mol. The fourth-order valence-electron chi connectivity index (χ4n) is 3.54. The number of aromatic nitrogens is 3. The number of benzene rings is 2. The summed E-state index contributed by atoms with van der Waals surface area (Å²) in [5.41, 5.74) is 4.80. The quantitative estimate of drug-likeness (QED) is 0.266.